The van der Waals surface area contributed by atoms with Crippen molar-refractivity contribution in [2.75, 3.05) is 18.1 Å². The van der Waals surface area contributed by atoms with Crippen LogP contribution in [0.5, 0.6) is 0 Å². The number of hydrogen-bond acceptors (Lipinski definition) is 3. The van der Waals surface area contributed by atoms with Gasteiger partial charge in [0.05, 0.1) is 6.61 Å². The van der Waals surface area contributed by atoms with Gasteiger partial charge in [-0.1, -0.05) is 38.0 Å². The van der Waals surface area contributed by atoms with E-state index in [1.54, 1.807) is 11.1 Å². The molecule has 1 aromatic rings. The van der Waals surface area contributed by atoms with Gasteiger partial charge in [0.1, 0.15) is 0 Å². The standard InChI is InChI=1S/C22H35NOS/c1-2-3-4-11-25-15-17-5-6-19-13-20(8-7-18(19)12-17)21-9-10-22(23,14-21)16-24/h7-8,13,17,21,24H,2-6,9-12,14-16,23H2,1H3/t17-,21-,22+/m0/s1. The third-order valence-corrected chi connectivity index (χ3v) is 7.52. The zero-order valence-electron chi connectivity index (χ0n) is 15.8. The van der Waals surface area contributed by atoms with Crippen molar-refractivity contribution in [1.82, 2.24) is 0 Å². The number of nitrogens with two attached hydrogens (primary N) is 1. The topological polar surface area (TPSA) is 46.2 Å². The van der Waals surface area contributed by atoms with E-state index in [9.17, 15) is 5.11 Å². The molecule has 1 fully saturated rings. The summed E-state index contributed by atoms with van der Waals surface area (Å²) in [6, 6.07) is 7.17. The van der Waals surface area contributed by atoms with Crippen LogP contribution in [0.2, 0.25) is 0 Å². The number of thioether (sulfide) groups is 1. The number of hydrogen-bond donors (Lipinski definition) is 2. The zero-order valence-corrected chi connectivity index (χ0v) is 16.6. The van der Waals surface area contributed by atoms with E-state index >= 15 is 0 Å². The van der Waals surface area contributed by atoms with Crippen LogP contribution in [-0.4, -0.2) is 28.8 Å². The van der Waals surface area contributed by atoms with Gasteiger partial charge in [-0.3, -0.25) is 0 Å². The van der Waals surface area contributed by atoms with E-state index in [-0.39, 0.29) is 12.1 Å². The molecule has 3 N–H and O–H groups in total. The molecule has 2 nitrogen and oxygen atoms in total. The second-order valence-electron chi connectivity index (χ2n) is 8.38. The summed E-state index contributed by atoms with van der Waals surface area (Å²) in [7, 11) is 0. The summed E-state index contributed by atoms with van der Waals surface area (Å²) in [6.45, 7) is 2.39. The van der Waals surface area contributed by atoms with Crippen molar-refractivity contribution in [3.63, 3.8) is 0 Å². The summed E-state index contributed by atoms with van der Waals surface area (Å²) < 4.78 is 0. The molecule has 0 bridgehead atoms. The van der Waals surface area contributed by atoms with Crippen LogP contribution in [-0.2, 0) is 12.8 Å². The van der Waals surface area contributed by atoms with Crippen LogP contribution in [0.15, 0.2) is 18.2 Å². The molecule has 3 atom stereocenters. The highest BCUT2D eigenvalue weighted by molar-refractivity contribution is 7.99. The number of aryl methyl sites for hydroxylation is 1. The number of benzene rings is 1. The predicted molar refractivity (Wildman–Crippen MR) is 109 cm³/mol. The maximum absolute atomic E-state index is 9.50. The van der Waals surface area contributed by atoms with Gasteiger partial charge in [-0.2, -0.15) is 11.8 Å². The molecule has 2 aliphatic rings. The monoisotopic (exact) mass is 361 g/mol. The lowest BCUT2D eigenvalue weighted by Gasteiger charge is -2.26. The first-order chi connectivity index (χ1) is 12.1. The van der Waals surface area contributed by atoms with Gasteiger partial charge in [0.25, 0.3) is 0 Å². The smallest absolute Gasteiger partial charge is 0.0611 e. The van der Waals surface area contributed by atoms with Gasteiger partial charge in [0, 0.05) is 5.54 Å². The minimum atomic E-state index is -0.347. The summed E-state index contributed by atoms with van der Waals surface area (Å²) in [6.07, 6.45) is 10.9. The fourth-order valence-corrected chi connectivity index (χ4v) is 5.73. The van der Waals surface area contributed by atoms with Gasteiger partial charge in [-0.25, -0.2) is 0 Å². The Morgan fingerprint density at radius 3 is 2.88 bits per heavy atom. The SMILES string of the molecule is CCCCCSC[C@H]1CCc2cc([C@H]3CC[C@](N)(CO)C3)ccc2C1. The molecule has 3 rings (SSSR count). The van der Waals surface area contributed by atoms with Crippen LogP contribution >= 0.6 is 11.8 Å². The Labute approximate surface area is 158 Å². The van der Waals surface area contributed by atoms with Gasteiger partial charge < -0.3 is 10.8 Å². The highest BCUT2D eigenvalue weighted by Crippen LogP contribution is 2.40. The summed E-state index contributed by atoms with van der Waals surface area (Å²) in [4.78, 5) is 0. The average molecular weight is 362 g/mol. The molecule has 0 aliphatic heterocycles. The highest BCUT2D eigenvalue weighted by atomic mass is 32.2. The lowest BCUT2D eigenvalue weighted by molar-refractivity contribution is 0.198. The lowest BCUT2D eigenvalue weighted by Crippen LogP contribution is -2.40. The Morgan fingerprint density at radius 2 is 2.12 bits per heavy atom. The average Bonchev–Trinajstić information content (AvgIpc) is 3.04. The van der Waals surface area contributed by atoms with E-state index in [2.05, 4.69) is 36.9 Å². The normalized spacial score (nSPS) is 28.9. The molecular formula is C22H35NOS. The summed E-state index contributed by atoms with van der Waals surface area (Å²) in [5.74, 6) is 4.07. The molecule has 0 aromatic heterocycles. The van der Waals surface area contributed by atoms with Crippen LogP contribution in [0, 0.1) is 5.92 Å². The Balaban J connectivity index is 1.53. The van der Waals surface area contributed by atoms with Crippen molar-refractivity contribution >= 4 is 11.8 Å². The van der Waals surface area contributed by atoms with Crippen LogP contribution in [0.1, 0.15) is 74.5 Å². The minimum absolute atomic E-state index is 0.117. The van der Waals surface area contributed by atoms with Crippen molar-refractivity contribution in [2.45, 2.75) is 76.2 Å². The van der Waals surface area contributed by atoms with E-state index < -0.39 is 0 Å². The van der Waals surface area contributed by atoms with Crippen LogP contribution in [0.4, 0.5) is 0 Å². The van der Waals surface area contributed by atoms with E-state index in [0.717, 1.165) is 25.2 Å². The fraction of sp³-hybridized carbons (Fsp3) is 0.727. The summed E-state index contributed by atoms with van der Waals surface area (Å²) >= 11 is 2.16. The van der Waals surface area contributed by atoms with Crippen LogP contribution in [0.25, 0.3) is 0 Å². The molecule has 0 unspecified atom stereocenters. The van der Waals surface area contributed by atoms with Crippen LogP contribution in [0.3, 0.4) is 0 Å². The number of rotatable bonds is 8. The first kappa shape index (κ1) is 19.3. The zero-order chi connectivity index (χ0) is 17.7. The quantitative estimate of drug-likeness (QED) is 0.661. The first-order valence-corrected chi connectivity index (χ1v) is 11.4. The number of unbranched alkanes of at least 4 members (excludes halogenated alkanes) is 2. The maximum atomic E-state index is 9.50. The Kier molecular flexibility index (Phi) is 6.87. The molecule has 0 heterocycles. The van der Waals surface area contributed by atoms with E-state index in [4.69, 9.17) is 5.73 Å². The Hall–Kier alpha value is -0.510. The summed E-state index contributed by atoms with van der Waals surface area (Å²) in [5, 5.41) is 9.50. The molecule has 0 saturated heterocycles. The molecule has 0 amide bonds. The third-order valence-electron chi connectivity index (χ3n) is 6.24. The second kappa shape index (κ2) is 8.92. The Bertz CT molecular complexity index is 561. The van der Waals surface area contributed by atoms with Gasteiger partial charge >= 0.3 is 0 Å². The highest BCUT2D eigenvalue weighted by Gasteiger charge is 2.36. The number of aliphatic hydroxyl groups excluding tert-OH is 1. The lowest BCUT2D eigenvalue weighted by atomic mass is 9.82. The van der Waals surface area contributed by atoms with Gasteiger partial charge in [-0.15, -0.1) is 0 Å². The molecular weight excluding hydrogens is 326 g/mol. The largest absolute Gasteiger partial charge is 0.394 e. The number of aliphatic hydroxyl groups is 1. The third kappa shape index (κ3) is 5.02. The van der Waals surface area contributed by atoms with E-state index in [0.29, 0.717) is 5.92 Å². The fourth-order valence-electron chi connectivity index (χ4n) is 4.54. The van der Waals surface area contributed by atoms with Crippen molar-refractivity contribution in [3.05, 3.63) is 34.9 Å². The molecule has 140 valence electrons. The molecule has 2 aliphatic carbocycles. The summed E-state index contributed by atoms with van der Waals surface area (Å²) in [5.41, 5.74) is 10.5. The minimum Gasteiger partial charge on any atom is -0.394 e. The maximum Gasteiger partial charge on any atom is 0.0611 e. The predicted octanol–water partition coefficient (Wildman–Crippen LogP) is 4.67. The van der Waals surface area contributed by atoms with Crippen molar-refractivity contribution in [3.8, 4) is 0 Å². The first-order valence-electron chi connectivity index (χ1n) is 10.2. The van der Waals surface area contributed by atoms with E-state index in [1.807, 2.05) is 0 Å². The van der Waals surface area contributed by atoms with Gasteiger partial charge in [0.15, 0.2) is 0 Å². The molecule has 1 saturated carbocycles. The van der Waals surface area contributed by atoms with Crippen LogP contribution < -0.4 is 5.73 Å². The molecule has 3 heteroatoms. The van der Waals surface area contributed by atoms with Crippen molar-refractivity contribution < 1.29 is 5.11 Å². The number of fused-ring (bicyclic) bond motifs is 1. The Morgan fingerprint density at radius 1 is 1.24 bits per heavy atom. The van der Waals surface area contributed by atoms with Gasteiger partial charge in [0.2, 0.25) is 0 Å². The van der Waals surface area contributed by atoms with Crippen molar-refractivity contribution in [1.29, 1.82) is 0 Å². The molecule has 0 radical (unpaired) electrons. The second-order valence-corrected chi connectivity index (χ2v) is 9.53. The van der Waals surface area contributed by atoms with Gasteiger partial charge in [-0.05, 0) is 85.0 Å². The molecule has 25 heavy (non-hydrogen) atoms. The van der Waals surface area contributed by atoms with Crippen molar-refractivity contribution in [2.24, 2.45) is 11.7 Å². The van der Waals surface area contributed by atoms with E-state index in [1.165, 1.54) is 55.6 Å². The molecule has 1 aromatic carbocycles. The molecule has 0 spiro atoms.